The highest BCUT2D eigenvalue weighted by Gasteiger charge is 2.10. The molecule has 0 bridgehead atoms. The maximum atomic E-state index is 12.2. The molecular formula is C15H15BrN2O3. The van der Waals surface area contributed by atoms with Gasteiger partial charge in [0.05, 0.1) is 12.2 Å². The van der Waals surface area contributed by atoms with E-state index in [9.17, 15) is 4.79 Å². The topological polar surface area (TPSA) is 60.5 Å². The molecule has 2 rings (SSSR count). The van der Waals surface area contributed by atoms with Gasteiger partial charge < -0.3 is 14.8 Å². The Balaban J connectivity index is 2.04. The fourth-order valence-electron chi connectivity index (χ4n) is 1.66. The standard InChI is InChI=1S/C15H15BrN2O3/c1-20-8-9-21-12-5-2-4-11(10-12)18-15(19)13-6-3-7-17-14(13)16/h2-7,10H,8-9H2,1H3,(H,18,19). The number of hydrogen-bond acceptors (Lipinski definition) is 4. The fourth-order valence-corrected chi connectivity index (χ4v) is 2.09. The average molecular weight is 351 g/mol. The van der Waals surface area contributed by atoms with Crippen molar-refractivity contribution in [3.8, 4) is 5.75 Å². The third kappa shape index (κ3) is 4.54. The summed E-state index contributed by atoms with van der Waals surface area (Å²) < 4.78 is 10.9. The zero-order valence-corrected chi connectivity index (χ0v) is 13.1. The van der Waals surface area contributed by atoms with Crippen molar-refractivity contribution in [3.63, 3.8) is 0 Å². The summed E-state index contributed by atoms with van der Waals surface area (Å²) in [4.78, 5) is 16.2. The van der Waals surface area contributed by atoms with Crippen LogP contribution in [0.15, 0.2) is 47.2 Å². The summed E-state index contributed by atoms with van der Waals surface area (Å²) in [7, 11) is 1.62. The van der Waals surface area contributed by atoms with E-state index in [1.54, 1.807) is 37.6 Å². The Hall–Kier alpha value is -1.92. The first kappa shape index (κ1) is 15.5. The van der Waals surface area contributed by atoms with Crippen LogP contribution in [0.5, 0.6) is 5.75 Å². The molecule has 0 unspecified atom stereocenters. The van der Waals surface area contributed by atoms with Crippen LogP contribution in [0.25, 0.3) is 0 Å². The number of carbonyl (C=O) groups is 1. The molecule has 1 amide bonds. The summed E-state index contributed by atoms with van der Waals surface area (Å²) >= 11 is 3.26. The number of nitrogens with zero attached hydrogens (tertiary/aromatic N) is 1. The molecule has 0 radical (unpaired) electrons. The number of ether oxygens (including phenoxy) is 2. The van der Waals surface area contributed by atoms with Gasteiger partial charge in [0.1, 0.15) is 17.0 Å². The molecule has 0 aliphatic heterocycles. The SMILES string of the molecule is COCCOc1cccc(NC(=O)c2cccnc2Br)c1. The van der Waals surface area contributed by atoms with E-state index in [0.717, 1.165) is 0 Å². The number of amides is 1. The predicted octanol–water partition coefficient (Wildman–Crippen LogP) is 3.12. The molecule has 0 spiro atoms. The van der Waals surface area contributed by atoms with Crippen molar-refractivity contribution in [1.82, 2.24) is 4.98 Å². The number of aromatic nitrogens is 1. The lowest BCUT2D eigenvalue weighted by molar-refractivity contribution is 0.102. The lowest BCUT2D eigenvalue weighted by Crippen LogP contribution is -2.13. The molecule has 1 N–H and O–H groups in total. The van der Waals surface area contributed by atoms with Crippen LogP contribution in [0.2, 0.25) is 0 Å². The van der Waals surface area contributed by atoms with E-state index >= 15 is 0 Å². The van der Waals surface area contributed by atoms with Crippen molar-refractivity contribution in [2.24, 2.45) is 0 Å². The summed E-state index contributed by atoms with van der Waals surface area (Å²) in [6.07, 6.45) is 1.62. The van der Waals surface area contributed by atoms with Crippen molar-refractivity contribution in [2.45, 2.75) is 0 Å². The Morgan fingerprint density at radius 1 is 1.29 bits per heavy atom. The van der Waals surface area contributed by atoms with E-state index in [1.807, 2.05) is 12.1 Å². The van der Waals surface area contributed by atoms with Gasteiger partial charge in [0.25, 0.3) is 5.91 Å². The zero-order valence-electron chi connectivity index (χ0n) is 11.5. The van der Waals surface area contributed by atoms with Crippen LogP contribution in [0, 0.1) is 0 Å². The normalized spacial score (nSPS) is 10.2. The van der Waals surface area contributed by atoms with Crippen LogP contribution in [0.4, 0.5) is 5.69 Å². The lowest BCUT2D eigenvalue weighted by Gasteiger charge is -2.09. The van der Waals surface area contributed by atoms with Crippen LogP contribution in [-0.2, 0) is 4.74 Å². The number of methoxy groups -OCH3 is 1. The summed E-state index contributed by atoms with van der Waals surface area (Å²) in [5.41, 5.74) is 1.13. The first-order valence-electron chi connectivity index (χ1n) is 6.34. The summed E-state index contributed by atoms with van der Waals surface area (Å²) in [5, 5.41) is 2.81. The van der Waals surface area contributed by atoms with E-state index in [-0.39, 0.29) is 5.91 Å². The molecule has 1 aromatic heterocycles. The largest absolute Gasteiger partial charge is 0.491 e. The van der Waals surface area contributed by atoms with E-state index in [4.69, 9.17) is 9.47 Å². The van der Waals surface area contributed by atoms with Gasteiger partial charge in [0.15, 0.2) is 0 Å². The second kappa shape index (κ2) is 7.75. The summed E-state index contributed by atoms with van der Waals surface area (Å²) in [6.45, 7) is 0.973. The maximum Gasteiger partial charge on any atom is 0.258 e. The highest BCUT2D eigenvalue weighted by atomic mass is 79.9. The number of pyridine rings is 1. The molecule has 0 aliphatic rings. The number of halogens is 1. The highest BCUT2D eigenvalue weighted by molar-refractivity contribution is 9.10. The highest BCUT2D eigenvalue weighted by Crippen LogP contribution is 2.19. The van der Waals surface area contributed by atoms with Gasteiger partial charge in [-0.2, -0.15) is 0 Å². The molecule has 0 fully saturated rings. The first-order valence-corrected chi connectivity index (χ1v) is 7.13. The molecule has 2 aromatic rings. The second-order valence-electron chi connectivity index (χ2n) is 4.16. The van der Waals surface area contributed by atoms with Crippen LogP contribution in [0.3, 0.4) is 0 Å². The zero-order chi connectivity index (χ0) is 15.1. The monoisotopic (exact) mass is 350 g/mol. The van der Waals surface area contributed by atoms with Crippen molar-refractivity contribution < 1.29 is 14.3 Å². The van der Waals surface area contributed by atoms with Crippen LogP contribution in [-0.4, -0.2) is 31.2 Å². The quantitative estimate of drug-likeness (QED) is 0.642. The molecule has 21 heavy (non-hydrogen) atoms. The summed E-state index contributed by atoms with van der Waals surface area (Å²) in [5.74, 6) is 0.444. The van der Waals surface area contributed by atoms with Crippen LogP contribution >= 0.6 is 15.9 Å². The smallest absolute Gasteiger partial charge is 0.258 e. The number of anilines is 1. The Bertz CT molecular complexity index is 619. The van der Waals surface area contributed by atoms with E-state index in [1.165, 1.54) is 0 Å². The molecular weight excluding hydrogens is 336 g/mol. The average Bonchev–Trinajstić information content (AvgIpc) is 2.48. The Kier molecular flexibility index (Phi) is 5.71. The van der Waals surface area contributed by atoms with Crippen LogP contribution < -0.4 is 10.1 Å². The van der Waals surface area contributed by atoms with Gasteiger partial charge in [-0.1, -0.05) is 6.07 Å². The van der Waals surface area contributed by atoms with Gasteiger partial charge in [0, 0.05) is 25.1 Å². The molecule has 0 atom stereocenters. The van der Waals surface area contributed by atoms with Crippen molar-refractivity contribution in [2.75, 3.05) is 25.6 Å². The van der Waals surface area contributed by atoms with Gasteiger partial charge in [-0.25, -0.2) is 4.98 Å². The Morgan fingerprint density at radius 2 is 2.14 bits per heavy atom. The summed E-state index contributed by atoms with van der Waals surface area (Å²) in [6, 6.07) is 10.6. The second-order valence-corrected chi connectivity index (χ2v) is 4.92. The number of nitrogens with one attached hydrogen (secondary N) is 1. The molecule has 5 nitrogen and oxygen atoms in total. The number of rotatable bonds is 6. The van der Waals surface area contributed by atoms with Crippen LogP contribution in [0.1, 0.15) is 10.4 Å². The molecule has 0 saturated carbocycles. The molecule has 1 heterocycles. The van der Waals surface area contributed by atoms with Crippen molar-refractivity contribution in [1.29, 1.82) is 0 Å². The lowest BCUT2D eigenvalue weighted by atomic mass is 10.2. The maximum absolute atomic E-state index is 12.2. The molecule has 6 heteroatoms. The number of carbonyl (C=O) groups excluding carboxylic acids is 1. The minimum atomic E-state index is -0.232. The third-order valence-corrected chi connectivity index (χ3v) is 3.28. The third-order valence-electron chi connectivity index (χ3n) is 2.65. The Morgan fingerprint density at radius 3 is 2.90 bits per heavy atom. The Labute approximate surface area is 131 Å². The van der Waals surface area contributed by atoms with Crippen molar-refractivity contribution >= 4 is 27.5 Å². The van der Waals surface area contributed by atoms with E-state index < -0.39 is 0 Å². The minimum absolute atomic E-state index is 0.232. The van der Waals surface area contributed by atoms with Gasteiger partial charge in [-0.15, -0.1) is 0 Å². The molecule has 1 aromatic carbocycles. The molecule has 0 aliphatic carbocycles. The van der Waals surface area contributed by atoms with E-state index in [0.29, 0.717) is 34.8 Å². The fraction of sp³-hybridized carbons (Fsp3) is 0.200. The van der Waals surface area contributed by atoms with Gasteiger partial charge in [-0.05, 0) is 40.2 Å². The first-order chi connectivity index (χ1) is 10.2. The molecule has 0 saturated heterocycles. The predicted molar refractivity (Wildman–Crippen MR) is 83.7 cm³/mol. The molecule has 110 valence electrons. The van der Waals surface area contributed by atoms with Gasteiger partial charge in [0.2, 0.25) is 0 Å². The van der Waals surface area contributed by atoms with E-state index in [2.05, 4.69) is 26.2 Å². The van der Waals surface area contributed by atoms with Gasteiger partial charge >= 0.3 is 0 Å². The number of benzene rings is 1. The van der Waals surface area contributed by atoms with Crippen molar-refractivity contribution in [3.05, 3.63) is 52.8 Å². The van der Waals surface area contributed by atoms with Gasteiger partial charge in [-0.3, -0.25) is 4.79 Å². The minimum Gasteiger partial charge on any atom is -0.491 e. The number of hydrogen-bond donors (Lipinski definition) is 1.